The quantitative estimate of drug-likeness (QED) is 0.823. The highest BCUT2D eigenvalue weighted by Gasteiger charge is 2.38. The SMILES string of the molecule is O=S(=O)(NCc1ccc(-c2noc(C(F)(F)F)n2)cc1F)C1CC1. The number of nitrogens with zero attached hydrogens (tertiary/aromatic N) is 2. The molecule has 1 aromatic heterocycles. The van der Waals surface area contributed by atoms with E-state index in [0.29, 0.717) is 12.8 Å². The summed E-state index contributed by atoms with van der Waals surface area (Å²) in [4.78, 5) is 3.16. The summed E-state index contributed by atoms with van der Waals surface area (Å²) in [6.07, 6.45) is -3.63. The lowest BCUT2D eigenvalue weighted by atomic mass is 10.1. The van der Waals surface area contributed by atoms with E-state index in [1.165, 1.54) is 12.1 Å². The van der Waals surface area contributed by atoms with Gasteiger partial charge in [-0.25, -0.2) is 17.5 Å². The lowest BCUT2D eigenvalue weighted by Gasteiger charge is -2.07. The van der Waals surface area contributed by atoms with Crippen LogP contribution in [0, 0.1) is 5.82 Å². The van der Waals surface area contributed by atoms with Crippen LogP contribution in [0.1, 0.15) is 24.3 Å². The third-order valence-corrected chi connectivity index (χ3v) is 5.30. The van der Waals surface area contributed by atoms with E-state index >= 15 is 0 Å². The van der Waals surface area contributed by atoms with Gasteiger partial charge in [-0.2, -0.15) is 18.2 Å². The summed E-state index contributed by atoms with van der Waals surface area (Å²) in [5, 5.41) is 2.73. The molecular formula is C13H11F4N3O3S. The van der Waals surface area contributed by atoms with E-state index in [1.807, 2.05) is 0 Å². The Morgan fingerprint density at radius 1 is 1.29 bits per heavy atom. The Hall–Kier alpha value is -2.01. The summed E-state index contributed by atoms with van der Waals surface area (Å²) in [5.41, 5.74) is 0.0445. The van der Waals surface area contributed by atoms with Crippen molar-refractivity contribution in [2.75, 3.05) is 0 Å². The first-order chi connectivity index (χ1) is 11.2. The topological polar surface area (TPSA) is 85.1 Å². The van der Waals surface area contributed by atoms with E-state index in [-0.39, 0.29) is 17.7 Å². The fraction of sp³-hybridized carbons (Fsp3) is 0.385. The number of benzene rings is 1. The molecule has 1 aliphatic rings. The van der Waals surface area contributed by atoms with E-state index in [0.717, 1.165) is 6.07 Å². The van der Waals surface area contributed by atoms with Crippen LogP contribution in [0.5, 0.6) is 0 Å². The first kappa shape index (κ1) is 16.8. The minimum Gasteiger partial charge on any atom is -0.329 e. The Morgan fingerprint density at radius 2 is 2.00 bits per heavy atom. The van der Waals surface area contributed by atoms with Crippen molar-refractivity contribution < 1.29 is 30.5 Å². The van der Waals surface area contributed by atoms with Crippen molar-refractivity contribution in [1.29, 1.82) is 0 Å². The molecule has 6 nitrogen and oxygen atoms in total. The molecule has 11 heteroatoms. The summed E-state index contributed by atoms with van der Waals surface area (Å²) < 4.78 is 81.0. The zero-order valence-electron chi connectivity index (χ0n) is 12.0. The highest BCUT2D eigenvalue weighted by Crippen LogP contribution is 2.30. The average molecular weight is 365 g/mol. The van der Waals surface area contributed by atoms with Gasteiger partial charge in [0.1, 0.15) is 5.82 Å². The Labute approximate surface area is 133 Å². The van der Waals surface area contributed by atoms with Crippen LogP contribution in [-0.2, 0) is 22.7 Å². The van der Waals surface area contributed by atoms with Gasteiger partial charge >= 0.3 is 12.1 Å². The van der Waals surface area contributed by atoms with Crippen LogP contribution in [0.15, 0.2) is 22.7 Å². The molecule has 3 rings (SSSR count). The molecule has 1 saturated carbocycles. The van der Waals surface area contributed by atoms with Crippen LogP contribution >= 0.6 is 0 Å². The molecule has 0 bridgehead atoms. The van der Waals surface area contributed by atoms with Gasteiger partial charge in [-0.3, -0.25) is 0 Å². The molecule has 0 spiro atoms. The number of sulfonamides is 1. The third-order valence-electron chi connectivity index (χ3n) is 3.41. The number of hydrogen-bond donors (Lipinski definition) is 1. The van der Waals surface area contributed by atoms with Crippen molar-refractivity contribution in [3.8, 4) is 11.4 Å². The predicted octanol–water partition coefficient (Wildman–Crippen LogP) is 2.48. The average Bonchev–Trinajstić information content (AvgIpc) is 3.23. The maximum absolute atomic E-state index is 14.0. The van der Waals surface area contributed by atoms with Gasteiger partial charge in [-0.1, -0.05) is 17.3 Å². The molecule has 0 amide bonds. The second-order valence-corrected chi connectivity index (χ2v) is 7.34. The zero-order valence-corrected chi connectivity index (χ0v) is 12.8. The first-order valence-electron chi connectivity index (χ1n) is 6.85. The van der Waals surface area contributed by atoms with Crippen molar-refractivity contribution in [1.82, 2.24) is 14.9 Å². The molecule has 1 N–H and O–H groups in total. The highest BCUT2D eigenvalue weighted by atomic mass is 32.2. The predicted molar refractivity (Wildman–Crippen MR) is 73.5 cm³/mol. The van der Waals surface area contributed by atoms with Gasteiger partial charge in [0.15, 0.2) is 0 Å². The number of nitrogens with one attached hydrogen (secondary N) is 1. The summed E-state index contributed by atoms with van der Waals surface area (Å²) in [5.74, 6) is -2.73. The van der Waals surface area contributed by atoms with Crippen LogP contribution in [-0.4, -0.2) is 23.8 Å². The van der Waals surface area contributed by atoms with E-state index in [9.17, 15) is 26.0 Å². The van der Waals surface area contributed by atoms with Crippen LogP contribution in [0.2, 0.25) is 0 Å². The Morgan fingerprint density at radius 3 is 2.54 bits per heavy atom. The fourth-order valence-electron chi connectivity index (χ4n) is 1.96. The van der Waals surface area contributed by atoms with Crippen LogP contribution in [0.25, 0.3) is 11.4 Å². The van der Waals surface area contributed by atoms with Crippen molar-refractivity contribution in [3.05, 3.63) is 35.5 Å². The molecule has 0 atom stereocenters. The van der Waals surface area contributed by atoms with Gasteiger partial charge in [0, 0.05) is 17.7 Å². The molecular weight excluding hydrogens is 354 g/mol. The molecule has 0 aliphatic heterocycles. The first-order valence-corrected chi connectivity index (χ1v) is 8.39. The van der Waals surface area contributed by atoms with E-state index in [4.69, 9.17) is 0 Å². The zero-order chi connectivity index (χ0) is 17.5. The maximum atomic E-state index is 14.0. The van der Waals surface area contributed by atoms with Crippen molar-refractivity contribution in [2.24, 2.45) is 0 Å². The number of aromatic nitrogens is 2. The Bertz CT molecular complexity index is 860. The van der Waals surface area contributed by atoms with Gasteiger partial charge in [0.2, 0.25) is 15.8 Å². The van der Waals surface area contributed by atoms with E-state index in [2.05, 4.69) is 19.4 Å². The molecule has 1 fully saturated rings. The summed E-state index contributed by atoms with van der Waals surface area (Å²) in [6, 6.07) is 3.46. The number of hydrogen-bond acceptors (Lipinski definition) is 5. The van der Waals surface area contributed by atoms with Crippen molar-refractivity contribution in [3.63, 3.8) is 0 Å². The molecule has 2 aromatic rings. The maximum Gasteiger partial charge on any atom is 0.471 e. The summed E-state index contributed by atoms with van der Waals surface area (Å²) in [6.45, 7) is -0.245. The smallest absolute Gasteiger partial charge is 0.329 e. The number of alkyl halides is 3. The largest absolute Gasteiger partial charge is 0.471 e. The van der Waals surface area contributed by atoms with Crippen molar-refractivity contribution >= 4 is 10.0 Å². The van der Waals surface area contributed by atoms with E-state index in [1.54, 1.807) is 0 Å². The van der Waals surface area contributed by atoms with Gasteiger partial charge in [0.05, 0.1) is 5.25 Å². The lowest BCUT2D eigenvalue weighted by molar-refractivity contribution is -0.159. The molecule has 0 radical (unpaired) electrons. The van der Waals surface area contributed by atoms with Gasteiger partial charge in [-0.05, 0) is 18.9 Å². The monoisotopic (exact) mass is 365 g/mol. The minimum absolute atomic E-state index is 0.0134. The van der Waals surface area contributed by atoms with Crippen molar-refractivity contribution in [2.45, 2.75) is 30.8 Å². The Kier molecular flexibility index (Phi) is 4.08. The van der Waals surface area contributed by atoms with Crippen LogP contribution in [0.3, 0.4) is 0 Å². The lowest BCUT2D eigenvalue weighted by Crippen LogP contribution is -2.27. The molecule has 0 unspecified atom stereocenters. The van der Waals surface area contributed by atoms with Crippen LogP contribution < -0.4 is 4.72 Å². The van der Waals surface area contributed by atoms with Gasteiger partial charge in [0.25, 0.3) is 0 Å². The molecule has 1 heterocycles. The third kappa shape index (κ3) is 3.56. The highest BCUT2D eigenvalue weighted by molar-refractivity contribution is 7.90. The number of halogens is 4. The normalized spacial score (nSPS) is 15.7. The van der Waals surface area contributed by atoms with Gasteiger partial charge in [-0.15, -0.1) is 0 Å². The minimum atomic E-state index is -4.79. The second-order valence-electron chi connectivity index (χ2n) is 5.29. The summed E-state index contributed by atoms with van der Waals surface area (Å²) in [7, 11) is -3.46. The fourth-order valence-corrected chi connectivity index (χ4v) is 3.31. The van der Waals surface area contributed by atoms with Crippen LogP contribution in [0.4, 0.5) is 17.6 Å². The number of rotatable bonds is 5. The second kappa shape index (κ2) is 5.81. The molecule has 1 aromatic carbocycles. The molecule has 1 aliphatic carbocycles. The summed E-state index contributed by atoms with van der Waals surface area (Å²) >= 11 is 0. The molecule has 130 valence electrons. The Balaban J connectivity index is 1.76. The van der Waals surface area contributed by atoms with Gasteiger partial charge < -0.3 is 4.52 Å². The molecule has 0 saturated heterocycles. The standard InChI is InChI=1S/C13H11F4N3O3S/c14-10-5-7(11-19-12(23-20-11)13(15,16)17)1-2-8(10)6-18-24(21,22)9-3-4-9/h1-2,5,9,18H,3-4,6H2. The molecule has 24 heavy (non-hydrogen) atoms. The van der Waals surface area contributed by atoms with E-state index < -0.39 is 39.0 Å².